The van der Waals surface area contributed by atoms with Crippen LogP contribution in [0.15, 0.2) is 35.2 Å². The lowest BCUT2D eigenvalue weighted by Gasteiger charge is -2.51. The molecule has 0 atom stereocenters. The number of carbonyl (C=O) groups excluding carboxylic acids is 2. The third-order valence-electron chi connectivity index (χ3n) is 5.63. The first-order valence-electron chi connectivity index (χ1n) is 9.61. The molecular formula is C20H17F3N4O2S2. The molecule has 0 aliphatic carbocycles. The van der Waals surface area contributed by atoms with Crippen LogP contribution in [0.25, 0.3) is 10.1 Å². The van der Waals surface area contributed by atoms with Crippen LogP contribution in [0.3, 0.4) is 0 Å². The Morgan fingerprint density at radius 1 is 1.13 bits per heavy atom. The number of fused-ring (bicyclic) bond motifs is 1. The van der Waals surface area contributed by atoms with E-state index in [2.05, 4.69) is 15.2 Å². The number of amides is 2. The summed E-state index contributed by atoms with van der Waals surface area (Å²) in [5.74, 6) is -0.324. The number of alkyl halides is 3. The zero-order valence-electron chi connectivity index (χ0n) is 16.1. The molecule has 2 amide bonds. The van der Waals surface area contributed by atoms with Crippen molar-refractivity contribution >= 4 is 44.6 Å². The number of nitrogens with one attached hydrogen (secondary N) is 1. The van der Waals surface area contributed by atoms with Crippen molar-refractivity contribution in [1.29, 1.82) is 0 Å². The number of rotatable bonds is 4. The molecule has 11 heteroatoms. The molecule has 5 rings (SSSR count). The van der Waals surface area contributed by atoms with E-state index in [-0.39, 0.29) is 23.9 Å². The Labute approximate surface area is 183 Å². The average Bonchev–Trinajstić information content (AvgIpc) is 3.32. The monoisotopic (exact) mass is 466 g/mol. The summed E-state index contributed by atoms with van der Waals surface area (Å²) in [7, 11) is 0. The highest BCUT2D eigenvalue weighted by Crippen LogP contribution is 2.35. The van der Waals surface area contributed by atoms with Crippen molar-refractivity contribution in [3.05, 3.63) is 51.3 Å². The van der Waals surface area contributed by atoms with Crippen LogP contribution in [-0.4, -0.2) is 64.9 Å². The van der Waals surface area contributed by atoms with Crippen molar-refractivity contribution < 1.29 is 22.8 Å². The third kappa shape index (κ3) is 3.92. The van der Waals surface area contributed by atoms with E-state index in [1.165, 1.54) is 17.4 Å². The fourth-order valence-electron chi connectivity index (χ4n) is 3.81. The molecule has 2 aromatic heterocycles. The Morgan fingerprint density at radius 3 is 2.58 bits per heavy atom. The van der Waals surface area contributed by atoms with Crippen molar-refractivity contribution in [3.63, 3.8) is 0 Å². The average molecular weight is 467 g/mol. The van der Waals surface area contributed by atoms with Gasteiger partial charge < -0.3 is 10.2 Å². The van der Waals surface area contributed by atoms with Gasteiger partial charge in [-0.2, -0.15) is 13.2 Å². The number of aromatic nitrogens is 1. The first kappa shape index (κ1) is 20.4. The smallest absolute Gasteiger partial charge is 0.345 e. The number of thiophene rings is 1. The summed E-state index contributed by atoms with van der Waals surface area (Å²) < 4.78 is 39.2. The Balaban J connectivity index is 1.14. The normalized spacial score (nSPS) is 18.1. The fraction of sp³-hybridized carbons (Fsp3) is 0.350. The largest absolute Gasteiger partial charge is 0.416 e. The van der Waals surface area contributed by atoms with Crippen molar-refractivity contribution in [2.75, 3.05) is 26.2 Å². The zero-order chi connectivity index (χ0) is 21.8. The van der Waals surface area contributed by atoms with Crippen LogP contribution in [0.2, 0.25) is 0 Å². The van der Waals surface area contributed by atoms with Crippen LogP contribution in [0.1, 0.15) is 25.7 Å². The van der Waals surface area contributed by atoms with Crippen LogP contribution in [0.4, 0.5) is 13.2 Å². The minimum atomic E-state index is -4.40. The van der Waals surface area contributed by atoms with Gasteiger partial charge in [0.15, 0.2) is 0 Å². The third-order valence-corrected chi connectivity index (χ3v) is 7.31. The quantitative estimate of drug-likeness (QED) is 0.641. The summed E-state index contributed by atoms with van der Waals surface area (Å²) >= 11 is 2.46. The highest BCUT2D eigenvalue weighted by atomic mass is 32.1. The molecule has 0 radical (unpaired) electrons. The lowest BCUT2D eigenvalue weighted by Crippen LogP contribution is -2.70. The highest BCUT2D eigenvalue weighted by Gasteiger charge is 2.41. The van der Waals surface area contributed by atoms with Crippen molar-refractivity contribution in [3.8, 4) is 0 Å². The van der Waals surface area contributed by atoms with E-state index >= 15 is 0 Å². The van der Waals surface area contributed by atoms with E-state index in [4.69, 9.17) is 0 Å². The SMILES string of the molecule is O=C(NC1CN(C2CN(C(=O)c3cc4ccc(C(F)(F)F)cc4s3)C2)C1)c1cscn1. The number of carbonyl (C=O) groups is 2. The summed E-state index contributed by atoms with van der Waals surface area (Å²) in [5.41, 5.74) is 1.34. The molecule has 1 N–H and O–H groups in total. The van der Waals surface area contributed by atoms with Gasteiger partial charge >= 0.3 is 6.18 Å². The van der Waals surface area contributed by atoms with Gasteiger partial charge in [-0.15, -0.1) is 22.7 Å². The molecule has 0 spiro atoms. The topological polar surface area (TPSA) is 65.5 Å². The number of likely N-dealkylation sites (tertiary alicyclic amines) is 2. The van der Waals surface area contributed by atoms with Crippen molar-refractivity contribution in [1.82, 2.24) is 20.1 Å². The number of hydrogen-bond donors (Lipinski definition) is 1. The second kappa shape index (κ2) is 7.57. The lowest BCUT2D eigenvalue weighted by molar-refractivity contribution is -0.137. The second-order valence-corrected chi connectivity index (χ2v) is 9.53. The fourth-order valence-corrected chi connectivity index (χ4v) is 5.41. The van der Waals surface area contributed by atoms with Gasteiger partial charge in [0.25, 0.3) is 11.8 Å². The maximum Gasteiger partial charge on any atom is 0.416 e. The molecule has 2 saturated heterocycles. The van der Waals surface area contributed by atoms with Crippen molar-refractivity contribution in [2.45, 2.75) is 18.3 Å². The van der Waals surface area contributed by atoms with Gasteiger partial charge in [0.05, 0.1) is 22.0 Å². The van der Waals surface area contributed by atoms with E-state index < -0.39 is 11.7 Å². The van der Waals surface area contributed by atoms with Gasteiger partial charge in [-0.3, -0.25) is 14.5 Å². The molecule has 4 heterocycles. The standard InChI is InChI=1S/C20H17F3N4O2S2/c21-20(22,23)12-2-1-11-3-17(31-16(11)4-12)19(29)27-7-14(8-27)26-5-13(6-26)25-18(28)15-9-30-10-24-15/h1-4,9-10,13-14H,5-8H2,(H,25,28). The molecule has 0 unspecified atom stereocenters. The number of hydrogen-bond acceptors (Lipinski definition) is 6. The first-order chi connectivity index (χ1) is 14.8. The minimum Gasteiger partial charge on any atom is -0.345 e. The molecule has 31 heavy (non-hydrogen) atoms. The van der Waals surface area contributed by atoms with Gasteiger partial charge in [0, 0.05) is 42.3 Å². The van der Waals surface area contributed by atoms with E-state index in [9.17, 15) is 22.8 Å². The van der Waals surface area contributed by atoms with E-state index in [1.807, 2.05) is 0 Å². The number of benzene rings is 1. The Hall–Kier alpha value is -2.50. The Kier molecular flexibility index (Phi) is 4.98. The van der Waals surface area contributed by atoms with Gasteiger partial charge in [-0.05, 0) is 23.6 Å². The lowest BCUT2D eigenvalue weighted by atomic mass is 9.99. The number of nitrogens with zero attached hydrogens (tertiary/aromatic N) is 3. The van der Waals surface area contributed by atoms with Crippen LogP contribution in [0, 0.1) is 0 Å². The summed E-state index contributed by atoms with van der Waals surface area (Å²) in [6.07, 6.45) is -4.40. The minimum absolute atomic E-state index is 0.0735. The second-order valence-electron chi connectivity index (χ2n) is 7.72. The van der Waals surface area contributed by atoms with Gasteiger partial charge in [-0.25, -0.2) is 4.98 Å². The van der Waals surface area contributed by atoms with Crippen LogP contribution >= 0.6 is 22.7 Å². The summed E-state index contributed by atoms with van der Waals surface area (Å²) in [6.45, 7) is 2.61. The first-order valence-corrected chi connectivity index (χ1v) is 11.4. The predicted octanol–water partition coefficient (Wildman–Crippen LogP) is 3.32. The molecule has 6 nitrogen and oxygen atoms in total. The zero-order valence-corrected chi connectivity index (χ0v) is 17.7. The molecule has 0 bridgehead atoms. The summed E-state index contributed by atoms with van der Waals surface area (Å²) in [5, 5.41) is 5.29. The molecule has 162 valence electrons. The molecule has 3 aromatic rings. The molecule has 2 aliphatic heterocycles. The van der Waals surface area contributed by atoms with Gasteiger partial charge in [0.1, 0.15) is 5.69 Å². The maximum atomic E-state index is 12.9. The van der Waals surface area contributed by atoms with Gasteiger partial charge in [0.2, 0.25) is 0 Å². The van der Waals surface area contributed by atoms with E-state index in [0.717, 1.165) is 36.6 Å². The highest BCUT2D eigenvalue weighted by molar-refractivity contribution is 7.20. The van der Waals surface area contributed by atoms with Crippen LogP contribution in [0.5, 0.6) is 0 Å². The van der Waals surface area contributed by atoms with Crippen molar-refractivity contribution in [2.24, 2.45) is 0 Å². The summed E-state index contributed by atoms with van der Waals surface area (Å²) in [4.78, 5) is 33.1. The van der Waals surface area contributed by atoms with E-state index in [1.54, 1.807) is 21.9 Å². The summed E-state index contributed by atoms with van der Waals surface area (Å²) in [6, 6.07) is 5.51. The molecule has 1 aromatic carbocycles. The Morgan fingerprint density at radius 2 is 1.90 bits per heavy atom. The molecule has 2 aliphatic rings. The maximum absolute atomic E-state index is 12.9. The number of halogens is 3. The molecular weight excluding hydrogens is 449 g/mol. The van der Waals surface area contributed by atoms with E-state index in [0.29, 0.717) is 33.7 Å². The Bertz CT molecular complexity index is 1130. The van der Waals surface area contributed by atoms with Crippen LogP contribution < -0.4 is 5.32 Å². The van der Waals surface area contributed by atoms with Crippen LogP contribution in [-0.2, 0) is 6.18 Å². The molecule has 0 saturated carbocycles. The molecule has 2 fully saturated rings. The predicted molar refractivity (Wildman–Crippen MR) is 111 cm³/mol. The number of thiazole rings is 1. The van der Waals surface area contributed by atoms with Gasteiger partial charge in [-0.1, -0.05) is 6.07 Å².